The van der Waals surface area contributed by atoms with Crippen molar-refractivity contribution < 1.29 is 8.91 Å². The monoisotopic (exact) mass is 419 g/mol. The van der Waals surface area contributed by atoms with E-state index < -0.39 is 0 Å². The van der Waals surface area contributed by atoms with Gasteiger partial charge in [-0.2, -0.15) is 5.10 Å². The lowest BCUT2D eigenvalue weighted by Gasteiger charge is -2.31. The molecule has 0 unspecified atom stereocenters. The molecule has 1 aliphatic heterocycles. The minimum Gasteiger partial charge on any atom is -0.379 e. The van der Waals surface area contributed by atoms with E-state index in [4.69, 9.17) is 16.1 Å². The van der Waals surface area contributed by atoms with Gasteiger partial charge < -0.3 is 14.7 Å². The van der Waals surface area contributed by atoms with Crippen LogP contribution in [-0.4, -0.2) is 46.0 Å². The van der Waals surface area contributed by atoms with Crippen LogP contribution in [0.4, 0.5) is 10.1 Å². The fourth-order valence-corrected chi connectivity index (χ4v) is 4.04. The van der Waals surface area contributed by atoms with Crippen molar-refractivity contribution in [3.63, 3.8) is 0 Å². The van der Waals surface area contributed by atoms with Gasteiger partial charge in [-0.3, -0.25) is 4.79 Å². The summed E-state index contributed by atoms with van der Waals surface area (Å²) in [7, 11) is 1.60. The van der Waals surface area contributed by atoms with Gasteiger partial charge in [0, 0.05) is 31.0 Å². The van der Waals surface area contributed by atoms with Crippen LogP contribution in [-0.2, 0) is 7.05 Å². The largest absolute Gasteiger partial charge is 0.379 e. The van der Waals surface area contributed by atoms with E-state index in [9.17, 15) is 9.18 Å². The molecule has 1 aromatic carbocycles. The average molecular weight is 420 g/mol. The molecule has 0 atom stereocenters. The average Bonchev–Trinajstić information content (AvgIpc) is 3.14. The molecule has 7 nitrogen and oxygen atoms in total. The summed E-state index contributed by atoms with van der Waals surface area (Å²) in [5.41, 5.74) is 1.62. The van der Waals surface area contributed by atoms with E-state index in [0.29, 0.717) is 28.8 Å². The number of aryl methyl sites for hydroxylation is 1. The van der Waals surface area contributed by atoms with Crippen LogP contribution in [0.5, 0.6) is 0 Å². The molecule has 0 radical (unpaired) electrons. The Morgan fingerprint density at radius 2 is 2.14 bits per heavy atom. The second kappa shape index (κ2) is 8.51. The van der Waals surface area contributed by atoms with E-state index in [2.05, 4.69) is 20.5 Å². The standard InChI is InChI=1S/C20H23ClFN5O2/c1-26-20(28)19(16(21)12-24-26)23-7-2-8-27-9-5-13(6-10-27)18-15-4-3-14(22)11-17(15)29-25-18/h3-4,11-13,23H,2,5-10H2,1H3. The number of likely N-dealkylation sites (tertiary alicyclic amines) is 1. The van der Waals surface area contributed by atoms with Crippen molar-refractivity contribution in [2.24, 2.45) is 7.05 Å². The first-order valence-electron chi connectivity index (χ1n) is 9.76. The van der Waals surface area contributed by atoms with Gasteiger partial charge in [-0.25, -0.2) is 9.07 Å². The van der Waals surface area contributed by atoms with Crippen LogP contribution in [0, 0.1) is 5.82 Å². The molecule has 1 N–H and O–H groups in total. The highest BCUT2D eigenvalue weighted by Gasteiger charge is 2.25. The molecule has 9 heteroatoms. The highest BCUT2D eigenvalue weighted by atomic mass is 35.5. The Morgan fingerprint density at radius 1 is 1.34 bits per heavy atom. The summed E-state index contributed by atoms with van der Waals surface area (Å²) >= 11 is 6.06. The van der Waals surface area contributed by atoms with Crippen molar-refractivity contribution >= 4 is 28.3 Å². The molecular weight excluding hydrogens is 397 g/mol. The molecule has 0 amide bonds. The lowest BCUT2D eigenvalue weighted by Crippen LogP contribution is -2.34. The molecule has 1 fully saturated rings. The van der Waals surface area contributed by atoms with Gasteiger partial charge >= 0.3 is 0 Å². The molecule has 0 bridgehead atoms. The fourth-order valence-electron chi connectivity index (χ4n) is 3.85. The maximum Gasteiger partial charge on any atom is 0.291 e. The summed E-state index contributed by atoms with van der Waals surface area (Å²) in [4.78, 5) is 14.5. The summed E-state index contributed by atoms with van der Waals surface area (Å²) < 4.78 is 19.9. The zero-order valence-electron chi connectivity index (χ0n) is 16.2. The minimum atomic E-state index is -0.311. The van der Waals surface area contributed by atoms with Crippen molar-refractivity contribution in [2.45, 2.75) is 25.2 Å². The first-order valence-corrected chi connectivity index (χ1v) is 10.1. The number of halogens is 2. The number of hydrogen-bond donors (Lipinski definition) is 1. The SMILES string of the molecule is Cn1ncc(Cl)c(NCCCN2CCC(c3noc4cc(F)ccc34)CC2)c1=O. The van der Waals surface area contributed by atoms with Crippen LogP contribution in [0.25, 0.3) is 11.0 Å². The zero-order valence-corrected chi connectivity index (χ0v) is 17.0. The van der Waals surface area contributed by atoms with Crippen LogP contribution in [0.1, 0.15) is 30.9 Å². The number of piperidine rings is 1. The molecular formula is C20H23ClFN5O2. The van der Waals surface area contributed by atoms with Crippen molar-refractivity contribution in [3.05, 3.63) is 51.3 Å². The lowest BCUT2D eigenvalue weighted by atomic mass is 9.91. The molecule has 4 rings (SSSR count). The van der Waals surface area contributed by atoms with Gasteiger partial charge in [0.05, 0.1) is 16.9 Å². The maximum absolute atomic E-state index is 13.3. The third kappa shape index (κ3) is 4.28. The summed E-state index contributed by atoms with van der Waals surface area (Å²) in [6.07, 6.45) is 4.35. The number of rotatable bonds is 6. The molecule has 1 saturated heterocycles. The number of hydrogen-bond acceptors (Lipinski definition) is 6. The molecule has 0 saturated carbocycles. The number of nitrogens with zero attached hydrogens (tertiary/aromatic N) is 4. The topological polar surface area (TPSA) is 76.2 Å². The van der Waals surface area contributed by atoms with E-state index >= 15 is 0 Å². The van der Waals surface area contributed by atoms with Gasteiger partial charge in [0.2, 0.25) is 0 Å². The van der Waals surface area contributed by atoms with E-state index in [1.807, 2.05) is 0 Å². The number of anilines is 1. The van der Waals surface area contributed by atoms with Gasteiger partial charge in [-0.15, -0.1) is 0 Å². The normalized spacial score (nSPS) is 15.8. The van der Waals surface area contributed by atoms with Gasteiger partial charge in [-0.05, 0) is 51.0 Å². The fraction of sp³-hybridized carbons (Fsp3) is 0.450. The van der Waals surface area contributed by atoms with E-state index in [0.717, 1.165) is 50.0 Å². The molecule has 3 aromatic rings. The molecule has 3 heterocycles. The predicted molar refractivity (Wildman–Crippen MR) is 110 cm³/mol. The highest BCUT2D eigenvalue weighted by molar-refractivity contribution is 6.32. The highest BCUT2D eigenvalue weighted by Crippen LogP contribution is 2.32. The maximum atomic E-state index is 13.3. The minimum absolute atomic E-state index is 0.224. The van der Waals surface area contributed by atoms with Gasteiger partial charge in [0.1, 0.15) is 11.5 Å². The molecule has 2 aromatic heterocycles. The Kier molecular flexibility index (Phi) is 5.82. The molecule has 29 heavy (non-hydrogen) atoms. The molecule has 154 valence electrons. The number of aromatic nitrogens is 3. The predicted octanol–water partition coefficient (Wildman–Crippen LogP) is 3.40. The van der Waals surface area contributed by atoms with Crippen LogP contribution < -0.4 is 10.9 Å². The third-order valence-electron chi connectivity index (χ3n) is 5.48. The number of nitrogens with one attached hydrogen (secondary N) is 1. The van der Waals surface area contributed by atoms with Crippen LogP contribution in [0.15, 0.2) is 33.7 Å². The zero-order chi connectivity index (χ0) is 20.4. The second-order valence-electron chi connectivity index (χ2n) is 7.40. The van der Waals surface area contributed by atoms with E-state index in [1.165, 1.54) is 23.0 Å². The Labute approximate surface area is 172 Å². The first-order chi connectivity index (χ1) is 14.0. The number of fused-ring (bicyclic) bond motifs is 1. The van der Waals surface area contributed by atoms with Crippen molar-refractivity contribution in [1.82, 2.24) is 19.8 Å². The molecule has 0 aliphatic carbocycles. The lowest BCUT2D eigenvalue weighted by molar-refractivity contribution is 0.209. The Hall–Kier alpha value is -2.45. The van der Waals surface area contributed by atoms with Gasteiger partial charge in [-0.1, -0.05) is 16.8 Å². The molecule has 1 aliphatic rings. The smallest absolute Gasteiger partial charge is 0.291 e. The van der Waals surface area contributed by atoms with Crippen molar-refractivity contribution in [2.75, 3.05) is 31.5 Å². The second-order valence-corrected chi connectivity index (χ2v) is 7.81. The summed E-state index contributed by atoms with van der Waals surface area (Å²) in [6.45, 7) is 3.54. The Bertz CT molecular complexity index is 1060. The third-order valence-corrected chi connectivity index (χ3v) is 5.77. The quantitative estimate of drug-likeness (QED) is 0.617. The number of benzene rings is 1. The Balaban J connectivity index is 1.26. The van der Waals surface area contributed by atoms with Gasteiger partial charge in [0.25, 0.3) is 5.56 Å². The van der Waals surface area contributed by atoms with Crippen LogP contribution in [0.3, 0.4) is 0 Å². The molecule has 0 spiro atoms. The van der Waals surface area contributed by atoms with Crippen molar-refractivity contribution in [3.8, 4) is 0 Å². The van der Waals surface area contributed by atoms with Crippen LogP contribution in [0.2, 0.25) is 5.02 Å². The Morgan fingerprint density at radius 3 is 2.93 bits per heavy atom. The summed E-state index contributed by atoms with van der Waals surface area (Å²) in [5, 5.41) is 12.5. The summed E-state index contributed by atoms with van der Waals surface area (Å²) in [5.74, 6) is 0.0178. The van der Waals surface area contributed by atoms with Gasteiger partial charge in [0.15, 0.2) is 5.58 Å². The van der Waals surface area contributed by atoms with E-state index in [-0.39, 0.29) is 11.4 Å². The van der Waals surface area contributed by atoms with Crippen molar-refractivity contribution in [1.29, 1.82) is 0 Å². The van der Waals surface area contributed by atoms with Crippen LogP contribution >= 0.6 is 11.6 Å². The van der Waals surface area contributed by atoms with E-state index in [1.54, 1.807) is 13.1 Å². The summed E-state index contributed by atoms with van der Waals surface area (Å²) in [6, 6.07) is 4.59. The first kappa shape index (κ1) is 19.8.